The molecule has 1 atom stereocenters. The summed E-state index contributed by atoms with van der Waals surface area (Å²) in [6, 6.07) is 12.7. The number of likely N-dealkylation sites (tertiary alicyclic amines) is 1. The number of carbonyl (C=O) groups is 3. The van der Waals surface area contributed by atoms with Crippen LogP contribution in [0.5, 0.6) is 0 Å². The van der Waals surface area contributed by atoms with E-state index in [2.05, 4.69) is 24.5 Å². The number of hydrogen-bond donors (Lipinski definition) is 2. The van der Waals surface area contributed by atoms with Crippen LogP contribution in [-0.4, -0.2) is 61.5 Å². The Morgan fingerprint density at radius 1 is 0.947 bits per heavy atom. The van der Waals surface area contributed by atoms with Crippen molar-refractivity contribution in [2.24, 2.45) is 11.8 Å². The van der Waals surface area contributed by atoms with Gasteiger partial charge in [-0.1, -0.05) is 20.3 Å². The van der Waals surface area contributed by atoms with Gasteiger partial charge in [0, 0.05) is 49.5 Å². The molecule has 2 aliphatic rings. The molecular weight excluding hydrogens is 504 g/mol. The molecule has 2 aromatic rings. The minimum atomic E-state index is -3.55. The molecule has 2 fully saturated rings. The van der Waals surface area contributed by atoms with Crippen molar-refractivity contribution in [1.82, 2.24) is 9.21 Å². The van der Waals surface area contributed by atoms with Gasteiger partial charge in [0.25, 0.3) is 5.91 Å². The summed E-state index contributed by atoms with van der Waals surface area (Å²) < 4.78 is 27.3. The predicted octanol–water partition coefficient (Wildman–Crippen LogP) is 3.95. The topological polar surface area (TPSA) is 116 Å². The third-order valence-electron chi connectivity index (χ3n) is 7.27. The normalized spacial score (nSPS) is 18.9. The third-order valence-corrected chi connectivity index (χ3v) is 9.19. The van der Waals surface area contributed by atoms with E-state index in [-0.39, 0.29) is 35.0 Å². The summed E-state index contributed by atoms with van der Waals surface area (Å²) in [5, 5.41) is 5.61. The fraction of sp³-hybridized carbons (Fsp3) is 0.464. The van der Waals surface area contributed by atoms with E-state index in [1.54, 1.807) is 41.3 Å². The Balaban J connectivity index is 1.31. The molecule has 2 aliphatic heterocycles. The van der Waals surface area contributed by atoms with E-state index < -0.39 is 10.0 Å². The average Bonchev–Trinajstić information content (AvgIpc) is 3.29. The van der Waals surface area contributed by atoms with Gasteiger partial charge in [-0.2, -0.15) is 4.31 Å². The SMILES string of the molecule is CCCCN1CC(C(=O)Nc2ccc(C(=O)Nc3ccc(S(=O)(=O)N4CCC(C)CC4)cc3)cc2)CC1=O. The highest BCUT2D eigenvalue weighted by molar-refractivity contribution is 7.89. The molecule has 2 N–H and O–H groups in total. The second-order valence-corrected chi connectivity index (χ2v) is 12.2. The van der Waals surface area contributed by atoms with Gasteiger partial charge in [-0.05, 0) is 73.7 Å². The van der Waals surface area contributed by atoms with Gasteiger partial charge in [-0.25, -0.2) is 8.42 Å². The van der Waals surface area contributed by atoms with Gasteiger partial charge in [0.1, 0.15) is 0 Å². The molecule has 0 spiro atoms. The molecule has 0 radical (unpaired) electrons. The monoisotopic (exact) mass is 540 g/mol. The summed E-state index contributed by atoms with van der Waals surface area (Å²) >= 11 is 0. The zero-order valence-electron chi connectivity index (χ0n) is 22.0. The Morgan fingerprint density at radius 2 is 1.55 bits per heavy atom. The molecule has 0 aromatic heterocycles. The van der Waals surface area contributed by atoms with Crippen LogP contribution >= 0.6 is 0 Å². The summed E-state index contributed by atoms with van der Waals surface area (Å²) in [6.07, 6.45) is 3.84. The van der Waals surface area contributed by atoms with E-state index in [4.69, 9.17) is 0 Å². The first kappa shape index (κ1) is 27.8. The number of nitrogens with one attached hydrogen (secondary N) is 2. The van der Waals surface area contributed by atoms with Crippen molar-refractivity contribution >= 4 is 39.1 Å². The number of sulfonamides is 1. The molecule has 0 bridgehead atoms. The van der Waals surface area contributed by atoms with Crippen LogP contribution in [-0.2, 0) is 19.6 Å². The van der Waals surface area contributed by atoms with Crippen molar-refractivity contribution in [3.8, 4) is 0 Å². The van der Waals surface area contributed by atoms with Crippen molar-refractivity contribution in [1.29, 1.82) is 0 Å². The van der Waals surface area contributed by atoms with Crippen molar-refractivity contribution in [3.05, 3.63) is 54.1 Å². The zero-order valence-corrected chi connectivity index (χ0v) is 22.8. The quantitative estimate of drug-likeness (QED) is 0.500. The van der Waals surface area contributed by atoms with Gasteiger partial charge in [-0.3, -0.25) is 14.4 Å². The minimum absolute atomic E-state index is 0.0115. The third kappa shape index (κ3) is 6.60. The fourth-order valence-electron chi connectivity index (χ4n) is 4.75. The summed E-state index contributed by atoms with van der Waals surface area (Å²) in [5.74, 6) is -0.395. The summed E-state index contributed by atoms with van der Waals surface area (Å²) in [7, 11) is -3.55. The summed E-state index contributed by atoms with van der Waals surface area (Å²) in [4.78, 5) is 39.4. The van der Waals surface area contributed by atoms with Crippen LogP contribution in [0.25, 0.3) is 0 Å². The van der Waals surface area contributed by atoms with Crippen molar-refractivity contribution < 1.29 is 22.8 Å². The van der Waals surface area contributed by atoms with Crippen LogP contribution in [0.15, 0.2) is 53.4 Å². The molecular formula is C28H36N4O5S. The number of carbonyl (C=O) groups excluding carboxylic acids is 3. The predicted molar refractivity (Wildman–Crippen MR) is 146 cm³/mol. The van der Waals surface area contributed by atoms with Crippen LogP contribution in [0.1, 0.15) is 56.3 Å². The van der Waals surface area contributed by atoms with Crippen molar-refractivity contribution in [3.63, 3.8) is 0 Å². The molecule has 2 aromatic carbocycles. The van der Waals surface area contributed by atoms with Crippen LogP contribution in [0.3, 0.4) is 0 Å². The smallest absolute Gasteiger partial charge is 0.255 e. The van der Waals surface area contributed by atoms with Crippen LogP contribution < -0.4 is 10.6 Å². The molecule has 0 saturated carbocycles. The van der Waals surface area contributed by atoms with Gasteiger partial charge in [0.2, 0.25) is 21.8 Å². The Labute approximate surface area is 224 Å². The molecule has 2 saturated heterocycles. The minimum Gasteiger partial charge on any atom is -0.342 e. The number of unbranched alkanes of at least 4 members (excludes halogenated alkanes) is 1. The number of anilines is 2. The van der Waals surface area contributed by atoms with E-state index in [0.29, 0.717) is 49.0 Å². The lowest BCUT2D eigenvalue weighted by Crippen LogP contribution is -2.37. The Kier molecular flexibility index (Phi) is 8.83. The number of rotatable bonds is 9. The van der Waals surface area contributed by atoms with Gasteiger partial charge in [0.05, 0.1) is 10.8 Å². The van der Waals surface area contributed by atoms with E-state index >= 15 is 0 Å². The first-order valence-electron chi connectivity index (χ1n) is 13.3. The number of piperidine rings is 1. The lowest BCUT2D eigenvalue weighted by atomic mass is 10.0. The maximum atomic E-state index is 12.9. The average molecular weight is 541 g/mol. The molecule has 10 heteroatoms. The van der Waals surface area contributed by atoms with Crippen molar-refractivity contribution in [2.75, 3.05) is 36.8 Å². The van der Waals surface area contributed by atoms with Crippen LogP contribution in [0.4, 0.5) is 11.4 Å². The number of benzene rings is 2. The largest absolute Gasteiger partial charge is 0.342 e. The van der Waals surface area contributed by atoms with Gasteiger partial charge < -0.3 is 15.5 Å². The molecule has 9 nitrogen and oxygen atoms in total. The number of hydrogen-bond acceptors (Lipinski definition) is 5. The Bertz CT molecular complexity index is 1250. The maximum absolute atomic E-state index is 12.9. The zero-order chi connectivity index (χ0) is 27.3. The Hall–Kier alpha value is -3.24. The van der Waals surface area contributed by atoms with Gasteiger partial charge in [-0.15, -0.1) is 0 Å². The van der Waals surface area contributed by atoms with Crippen LogP contribution in [0.2, 0.25) is 0 Å². The van der Waals surface area contributed by atoms with E-state index in [1.807, 2.05) is 0 Å². The Morgan fingerprint density at radius 3 is 2.18 bits per heavy atom. The van der Waals surface area contributed by atoms with Gasteiger partial charge in [0.15, 0.2) is 0 Å². The van der Waals surface area contributed by atoms with E-state index in [1.165, 1.54) is 16.4 Å². The summed E-state index contributed by atoms with van der Waals surface area (Å²) in [6.45, 7) is 6.35. The standard InChI is InChI=1S/C28H36N4O5S/c1-3-4-15-31-19-22(18-26(31)33)28(35)30-23-7-5-21(6-8-23)27(34)29-24-9-11-25(12-10-24)38(36,37)32-16-13-20(2)14-17-32/h5-12,20,22H,3-4,13-19H2,1-2H3,(H,29,34)(H,30,35). The fourth-order valence-corrected chi connectivity index (χ4v) is 6.22. The maximum Gasteiger partial charge on any atom is 0.255 e. The molecule has 1 unspecified atom stereocenters. The molecule has 3 amide bonds. The number of nitrogens with zero attached hydrogens (tertiary/aromatic N) is 2. The summed E-state index contributed by atoms with van der Waals surface area (Å²) in [5.41, 5.74) is 1.42. The van der Waals surface area contributed by atoms with Crippen molar-refractivity contribution in [2.45, 2.75) is 50.8 Å². The highest BCUT2D eigenvalue weighted by Crippen LogP contribution is 2.25. The second kappa shape index (κ2) is 12.1. The van der Waals surface area contributed by atoms with E-state index in [9.17, 15) is 22.8 Å². The van der Waals surface area contributed by atoms with Crippen LogP contribution in [0, 0.1) is 11.8 Å². The van der Waals surface area contributed by atoms with E-state index in [0.717, 1.165) is 25.7 Å². The molecule has 38 heavy (non-hydrogen) atoms. The first-order chi connectivity index (χ1) is 18.2. The molecule has 0 aliphatic carbocycles. The lowest BCUT2D eigenvalue weighted by Gasteiger charge is -2.29. The van der Waals surface area contributed by atoms with Gasteiger partial charge >= 0.3 is 0 Å². The molecule has 2 heterocycles. The molecule has 4 rings (SSSR count). The first-order valence-corrected chi connectivity index (χ1v) is 14.7. The lowest BCUT2D eigenvalue weighted by molar-refractivity contribution is -0.128. The molecule has 204 valence electrons. The number of amides is 3. The second-order valence-electron chi connectivity index (χ2n) is 10.2. The highest BCUT2D eigenvalue weighted by Gasteiger charge is 2.34. The highest BCUT2D eigenvalue weighted by atomic mass is 32.2.